The van der Waals surface area contributed by atoms with Crippen LogP contribution in [0.15, 0.2) is 18.2 Å². The first-order chi connectivity index (χ1) is 4.33. The lowest BCUT2D eigenvalue weighted by atomic mass is 10.2. The summed E-state index contributed by atoms with van der Waals surface area (Å²) in [6, 6.07) is 7.41. The second-order valence-corrected chi connectivity index (χ2v) is 1.90. The summed E-state index contributed by atoms with van der Waals surface area (Å²) in [6.45, 7) is 1.99. The molecule has 0 saturated heterocycles. The van der Waals surface area contributed by atoms with Crippen molar-refractivity contribution in [3.05, 3.63) is 35.6 Å². The Hall–Kier alpha value is -0.850. The van der Waals surface area contributed by atoms with Crippen molar-refractivity contribution >= 4 is 0 Å². The number of hydrogen-bond donors (Lipinski definition) is 0. The van der Waals surface area contributed by atoms with E-state index in [4.69, 9.17) is 0 Å². The summed E-state index contributed by atoms with van der Waals surface area (Å²) < 4.78 is 12.3. The van der Waals surface area contributed by atoms with Crippen LogP contribution in [0.4, 0.5) is 4.39 Å². The van der Waals surface area contributed by atoms with Gasteiger partial charge >= 0.3 is 0 Å². The fourth-order valence-corrected chi connectivity index (χ4v) is 0.701. The minimum absolute atomic E-state index is 0.269. The summed E-state index contributed by atoms with van der Waals surface area (Å²) in [7, 11) is 0. The maximum atomic E-state index is 12.3. The predicted molar refractivity (Wildman–Crippen MR) is 34.6 cm³/mol. The molecule has 0 aromatic heterocycles. The first-order valence-electron chi connectivity index (χ1n) is 2.99. The topological polar surface area (TPSA) is 0 Å². The summed E-state index contributed by atoms with van der Waals surface area (Å²) in [4.78, 5) is 0. The zero-order valence-electron chi connectivity index (χ0n) is 5.32. The van der Waals surface area contributed by atoms with E-state index < -0.39 is 0 Å². The van der Waals surface area contributed by atoms with E-state index in [1.165, 1.54) is 6.07 Å². The van der Waals surface area contributed by atoms with Crippen LogP contribution in [0.3, 0.4) is 0 Å². The van der Waals surface area contributed by atoms with Gasteiger partial charge in [0.1, 0.15) is 5.82 Å². The Morgan fingerprint density at radius 3 is 2.89 bits per heavy atom. The highest BCUT2D eigenvalue weighted by Crippen LogP contribution is 2.01. The molecule has 0 fully saturated rings. The normalized spacial score (nSPS) is 9.56. The minimum atomic E-state index is -0.269. The van der Waals surface area contributed by atoms with Crippen LogP contribution in [0.5, 0.6) is 0 Å². The van der Waals surface area contributed by atoms with E-state index in [0.29, 0.717) is 0 Å². The molecule has 0 spiro atoms. The summed E-state index contributed by atoms with van der Waals surface area (Å²) in [5, 5.41) is 0. The minimum Gasteiger partial charge on any atom is -0.206 e. The fraction of sp³-hybridized carbons (Fsp3) is 0.250. The Labute approximate surface area is 54.3 Å². The van der Waals surface area contributed by atoms with E-state index in [1.54, 1.807) is 6.07 Å². The molecule has 1 aromatic rings. The molecule has 0 saturated carbocycles. The van der Waals surface area contributed by atoms with Crippen molar-refractivity contribution < 1.29 is 4.39 Å². The second-order valence-electron chi connectivity index (χ2n) is 1.90. The van der Waals surface area contributed by atoms with Crippen LogP contribution in [-0.4, -0.2) is 0 Å². The van der Waals surface area contributed by atoms with Crippen LogP contribution >= 0.6 is 0 Å². The molecule has 0 aliphatic heterocycles. The molecule has 0 bridgehead atoms. The Kier molecular flexibility index (Phi) is 1.83. The third-order valence-electron chi connectivity index (χ3n) is 1.24. The molecule has 0 heterocycles. The number of aryl methyl sites for hydroxylation is 1. The van der Waals surface area contributed by atoms with E-state index >= 15 is 0 Å². The average Bonchev–Trinajstić information content (AvgIpc) is 1.88. The van der Waals surface area contributed by atoms with Gasteiger partial charge in [0.25, 0.3) is 0 Å². The number of rotatable bonds is 1. The van der Waals surface area contributed by atoms with Gasteiger partial charge in [0.15, 0.2) is 0 Å². The highest BCUT2D eigenvalue weighted by atomic mass is 19.1. The van der Waals surface area contributed by atoms with E-state index in [2.05, 4.69) is 6.07 Å². The Balaban J connectivity index is 2.94. The van der Waals surface area contributed by atoms with Crippen molar-refractivity contribution in [2.45, 2.75) is 13.3 Å². The van der Waals surface area contributed by atoms with Crippen molar-refractivity contribution in [3.63, 3.8) is 0 Å². The van der Waals surface area contributed by atoms with Gasteiger partial charge < -0.3 is 0 Å². The summed E-state index contributed by atoms with van der Waals surface area (Å²) in [5.41, 5.74) is 1.02. The lowest BCUT2D eigenvalue weighted by Gasteiger charge is -1.92. The summed E-state index contributed by atoms with van der Waals surface area (Å²) in [6.07, 6.45) is 0.881. The van der Waals surface area contributed by atoms with Gasteiger partial charge in [0.05, 0.1) is 0 Å². The van der Waals surface area contributed by atoms with Gasteiger partial charge in [0, 0.05) is 6.07 Å². The van der Waals surface area contributed by atoms with Gasteiger partial charge in [-0.2, -0.15) is 0 Å². The van der Waals surface area contributed by atoms with Crippen LogP contribution < -0.4 is 0 Å². The molecule has 0 atom stereocenters. The lowest BCUT2D eigenvalue weighted by molar-refractivity contribution is 0.623. The molecule has 0 unspecified atom stereocenters. The Morgan fingerprint density at radius 2 is 2.44 bits per heavy atom. The van der Waals surface area contributed by atoms with Gasteiger partial charge in [-0.25, -0.2) is 4.39 Å². The van der Waals surface area contributed by atoms with E-state index in [9.17, 15) is 4.39 Å². The van der Waals surface area contributed by atoms with Gasteiger partial charge in [-0.1, -0.05) is 19.1 Å². The van der Waals surface area contributed by atoms with Crippen molar-refractivity contribution in [1.82, 2.24) is 0 Å². The molecule has 1 aromatic carbocycles. The molecule has 47 valence electrons. The average molecular weight is 123 g/mol. The summed E-state index contributed by atoms with van der Waals surface area (Å²) in [5.74, 6) is -0.269. The smallest absolute Gasteiger partial charge is 0.131 e. The Bertz CT molecular complexity index is 194. The Morgan fingerprint density at radius 1 is 1.67 bits per heavy atom. The van der Waals surface area contributed by atoms with E-state index in [1.807, 2.05) is 13.0 Å². The first-order valence-corrected chi connectivity index (χ1v) is 2.99. The van der Waals surface area contributed by atoms with Crippen molar-refractivity contribution in [2.75, 3.05) is 0 Å². The molecule has 0 aliphatic carbocycles. The second kappa shape index (κ2) is 2.62. The SMILES string of the molecule is CCc1cc[c]c(F)c1. The zero-order chi connectivity index (χ0) is 6.69. The number of halogens is 1. The van der Waals surface area contributed by atoms with Crippen LogP contribution in [0.2, 0.25) is 0 Å². The maximum Gasteiger partial charge on any atom is 0.131 e. The van der Waals surface area contributed by atoms with Gasteiger partial charge in [-0.05, 0) is 18.1 Å². The van der Waals surface area contributed by atoms with Crippen LogP contribution in [0, 0.1) is 11.9 Å². The summed E-state index contributed by atoms with van der Waals surface area (Å²) >= 11 is 0. The molecule has 9 heavy (non-hydrogen) atoms. The first kappa shape index (κ1) is 6.27. The quantitative estimate of drug-likeness (QED) is 0.537. The van der Waals surface area contributed by atoms with Gasteiger partial charge in [-0.15, -0.1) is 0 Å². The molecule has 0 amide bonds. The van der Waals surface area contributed by atoms with E-state index in [0.717, 1.165) is 12.0 Å². The highest BCUT2D eigenvalue weighted by Gasteiger charge is 1.89. The third-order valence-corrected chi connectivity index (χ3v) is 1.24. The largest absolute Gasteiger partial charge is 0.206 e. The molecule has 0 aliphatic rings. The molecular weight excluding hydrogens is 115 g/mol. The number of hydrogen-bond acceptors (Lipinski definition) is 0. The zero-order valence-corrected chi connectivity index (χ0v) is 5.32. The molecule has 1 rings (SSSR count). The maximum absolute atomic E-state index is 12.3. The number of benzene rings is 1. The predicted octanol–water partition coefficient (Wildman–Crippen LogP) is 2.19. The van der Waals surface area contributed by atoms with E-state index in [-0.39, 0.29) is 5.82 Å². The standard InChI is InChI=1S/C8H8F/c1-2-7-4-3-5-8(9)6-7/h3-4,6H,2H2,1H3. The van der Waals surface area contributed by atoms with Gasteiger partial charge in [0.2, 0.25) is 0 Å². The molecule has 1 radical (unpaired) electrons. The van der Waals surface area contributed by atoms with Gasteiger partial charge in [-0.3, -0.25) is 0 Å². The molecule has 1 heteroatoms. The molecular formula is C8H8F. The van der Waals surface area contributed by atoms with Crippen molar-refractivity contribution in [3.8, 4) is 0 Å². The van der Waals surface area contributed by atoms with Crippen molar-refractivity contribution in [1.29, 1.82) is 0 Å². The third kappa shape index (κ3) is 1.53. The molecule has 0 N–H and O–H groups in total. The molecule has 0 nitrogen and oxygen atoms in total. The lowest BCUT2D eigenvalue weighted by Crippen LogP contribution is -1.80. The fourth-order valence-electron chi connectivity index (χ4n) is 0.701. The van der Waals surface area contributed by atoms with Crippen LogP contribution in [0.25, 0.3) is 0 Å². The van der Waals surface area contributed by atoms with Crippen molar-refractivity contribution in [2.24, 2.45) is 0 Å². The van der Waals surface area contributed by atoms with Crippen LogP contribution in [-0.2, 0) is 6.42 Å². The highest BCUT2D eigenvalue weighted by molar-refractivity contribution is 5.14. The van der Waals surface area contributed by atoms with Crippen LogP contribution in [0.1, 0.15) is 12.5 Å². The monoisotopic (exact) mass is 123 g/mol.